The molecule has 0 radical (unpaired) electrons. The molecule has 0 saturated carbocycles. The fourth-order valence-electron chi connectivity index (χ4n) is 1.58. The molecule has 0 aromatic rings. The van der Waals surface area contributed by atoms with E-state index in [9.17, 15) is 18.0 Å². The second kappa shape index (κ2) is 5.49. The van der Waals surface area contributed by atoms with E-state index < -0.39 is 30.8 Å². The van der Waals surface area contributed by atoms with E-state index >= 15 is 0 Å². The van der Waals surface area contributed by atoms with E-state index in [2.05, 4.69) is 10.1 Å². The molecule has 0 aliphatic carbocycles. The van der Waals surface area contributed by atoms with Gasteiger partial charge in [0.05, 0.1) is 19.8 Å². The van der Waals surface area contributed by atoms with Crippen LogP contribution >= 0.6 is 0 Å². The van der Waals surface area contributed by atoms with E-state index in [1.54, 1.807) is 0 Å². The molecular formula is C9H14F3NO3. The highest BCUT2D eigenvalue weighted by molar-refractivity contribution is 5.76. The molecule has 1 saturated heterocycles. The predicted octanol–water partition coefficient (Wildman–Crippen LogP) is 0.859. The summed E-state index contributed by atoms with van der Waals surface area (Å²) in [5.74, 6) is -0.726. The van der Waals surface area contributed by atoms with E-state index in [1.165, 1.54) is 0 Å². The first-order chi connectivity index (χ1) is 7.44. The molecule has 0 aromatic carbocycles. The van der Waals surface area contributed by atoms with E-state index in [-0.39, 0.29) is 0 Å². The Morgan fingerprint density at radius 1 is 1.62 bits per heavy atom. The molecule has 0 bridgehead atoms. The normalized spacial score (nSPS) is 23.1. The molecule has 7 heteroatoms. The van der Waals surface area contributed by atoms with Gasteiger partial charge in [-0.25, -0.2) is 0 Å². The van der Waals surface area contributed by atoms with E-state index in [0.29, 0.717) is 13.0 Å². The van der Waals surface area contributed by atoms with Gasteiger partial charge in [-0.05, 0) is 12.8 Å². The minimum absolute atomic E-state index is 0.464. The average molecular weight is 241 g/mol. The van der Waals surface area contributed by atoms with Crippen LogP contribution in [0.4, 0.5) is 13.2 Å². The first kappa shape index (κ1) is 13.2. The van der Waals surface area contributed by atoms with Crippen LogP contribution in [0.15, 0.2) is 0 Å². The minimum atomic E-state index is -4.36. The lowest BCUT2D eigenvalue weighted by Gasteiger charge is -2.22. The number of esters is 1. The van der Waals surface area contributed by atoms with Crippen molar-refractivity contribution in [1.82, 2.24) is 5.32 Å². The molecule has 1 aliphatic rings. The Balaban J connectivity index is 2.53. The van der Waals surface area contributed by atoms with E-state index in [4.69, 9.17) is 4.74 Å². The Morgan fingerprint density at radius 3 is 2.75 bits per heavy atom. The Labute approximate surface area is 91.1 Å². The van der Waals surface area contributed by atoms with Crippen molar-refractivity contribution < 1.29 is 27.4 Å². The Bertz CT molecular complexity index is 239. The van der Waals surface area contributed by atoms with Gasteiger partial charge in [-0.3, -0.25) is 10.1 Å². The van der Waals surface area contributed by atoms with Gasteiger partial charge in [-0.1, -0.05) is 0 Å². The number of halogens is 3. The smallest absolute Gasteiger partial charge is 0.401 e. The van der Waals surface area contributed by atoms with Crippen LogP contribution in [-0.4, -0.2) is 44.6 Å². The summed E-state index contributed by atoms with van der Waals surface area (Å²) < 4.78 is 45.7. The molecule has 2 atom stereocenters. The molecule has 1 heterocycles. The maximum Gasteiger partial charge on any atom is 0.401 e. The van der Waals surface area contributed by atoms with Gasteiger partial charge in [0.1, 0.15) is 6.04 Å². The number of hydrogen-bond acceptors (Lipinski definition) is 4. The molecule has 1 N–H and O–H groups in total. The van der Waals surface area contributed by atoms with Crippen molar-refractivity contribution in [3.63, 3.8) is 0 Å². The second-order valence-electron chi connectivity index (χ2n) is 3.55. The molecule has 4 nitrogen and oxygen atoms in total. The van der Waals surface area contributed by atoms with Crippen LogP contribution in [0.5, 0.6) is 0 Å². The Morgan fingerprint density at radius 2 is 2.31 bits per heavy atom. The minimum Gasteiger partial charge on any atom is -0.468 e. The zero-order valence-electron chi connectivity index (χ0n) is 8.84. The molecule has 2 unspecified atom stereocenters. The second-order valence-corrected chi connectivity index (χ2v) is 3.55. The average Bonchev–Trinajstić information content (AvgIpc) is 2.69. The summed E-state index contributed by atoms with van der Waals surface area (Å²) in [7, 11) is 1.14. The van der Waals surface area contributed by atoms with Gasteiger partial charge < -0.3 is 9.47 Å². The first-order valence-corrected chi connectivity index (χ1v) is 4.93. The van der Waals surface area contributed by atoms with Crippen LogP contribution in [0.1, 0.15) is 12.8 Å². The zero-order valence-corrected chi connectivity index (χ0v) is 8.84. The first-order valence-electron chi connectivity index (χ1n) is 4.93. The predicted molar refractivity (Wildman–Crippen MR) is 48.8 cm³/mol. The summed E-state index contributed by atoms with van der Waals surface area (Å²) in [6, 6.07) is -1.05. The fraction of sp³-hybridized carbons (Fsp3) is 0.889. The van der Waals surface area contributed by atoms with E-state index in [1.807, 2.05) is 0 Å². The van der Waals surface area contributed by atoms with Gasteiger partial charge in [-0.15, -0.1) is 0 Å². The van der Waals surface area contributed by atoms with Crippen LogP contribution < -0.4 is 5.32 Å². The number of nitrogens with one attached hydrogen (secondary N) is 1. The third-order valence-corrected chi connectivity index (χ3v) is 2.31. The van der Waals surface area contributed by atoms with Crippen molar-refractivity contribution in [3.05, 3.63) is 0 Å². The third kappa shape index (κ3) is 3.97. The highest BCUT2D eigenvalue weighted by atomic mass is 19.4. The van der Waals surface area contributed by atoms with Crippen molar-refractivity contribution in [3.8, 4) is 0 Å². The van der Waals surface area contributed by atoms with Gasteiger partial charge in [0, 0.05) is 6.61 Å². The lowest BCUT2D eigenvalue weighted by atomic mass is 10.1. The lowest BCUT2D eigenvalue weighted by Crippen LogP contribution is -2.49. The molecule has 1 aliphatic heterocycles. The molecule has 0 amide bonds. The van der Waals surface area contributed by atoms with Gasteiger partial charge in [0.15, 0.2) is 0 Å². The van der Waals surface area contributed by atoms with Gasteiger partial charge in [0.25, 0.3) is 0 Å². The topological polar surface area (TPSA) is 47.6 Å². The van der Waals surface area contributed by atoms with Gasteiger partial charge in [0.2, 0.25) is 0 Å². The van der Waals surface area contributed by atoms with Crippen LogP contribution in [0.3, 0.4) is 0 Å². The number of carbonyl (C=O) groups excluding carboxylic acids is 1. The molecule has 0 spiro atoms. The molecule has 16 heavy (non-hydrogen) atoms. The fourth-order valence-corrected chi connectivity index (χ4v) is 1.58. The lowest BCUT2D eigenvalue weighted by molar-refractivity contribution is -0.150. The third-order valence-electron chi connectivity index (χ3n) is 2.31. The summed E-state index contributed by atoms with van der Waals surface area (Å²) >= 11 is 0. The monoisotopic (exact) mass is 241 g/mol. The van der Waals surface area contributed by atoms with Crippen LogP contribution in [0, 0.1) is 0 Å². The summed E-state index contributed by atoms with van der Waals surface area (Å²) in [6.45, 7) is -0.765. The number of alkyl halides is 3. The highest BCUT2D eigenvalue weighted by Crippen LogP contribution is 2.18. The number of ether oxygens (including phenoxy) is 2. The van der Waals surface area contributed by atoms with Gasteiger partial charge in [-0.2, -0.15) is 13.2 Å². The van der Waals surface area contributed by atoms with Gasteiger partial charge >= 0.3 is 12.1 Å². The number of rotatable bonds is 4. The zero-order chi connectivity index (χ0) is 12.2. The maximum absolute atomic E-state index is 12.0. The quantitative estimate of drug-likeness (QED) is 0.741. The van der Waals surface area contributed by atoms with E-state index in [0.717, 1.165) is 13.5 Å². The van der Waals surface area contributed by atoms with Crippen molar-refractivity contribution in [2.45, 2.75) is 31.2 Å². The number of carbonyl (C=O) groups is 1. The van der Waals surface area contributed by atoms with Crippen LogP contribution in [0.25, 0.3) is 0 Å². The Hall–Kier alpha value is -0.820. The van der Waals surface area contributed by atoms with Crippen molar-refractivity contribution in [2.24, 2.45) is 0 Å². The van der Waals surface area contributed by atoms with Crippen molar-refractivity contribution in [1.29, 1.82) is 0 Å². The maximum atomic E-state index is 12.0. The summed E-state index contributed by atoms with van der Waals surface area (Å²) in [6.07, 6.45) is -3.59. The molecule has 1 rings (SSSR count). The summed E-state index contributed by atoms with van der Waals surface area (Å²) in [4.78, 5) is 11.3. The standard InChI is InChI=1S/C9H14F3NO3/c1-15-8(14)7(6-3-2-4-16-6)13-5-9(10,11)12/h6-7,13H,2-5H2,1H3. The summed E-state index contributed by atoms with van der Waals surface area (Å²) in [5.41, 5.74) is 0. The molecular weight excluding hydrogens is 227 g/mol. The number of methoxy groups -OCH3 is 1. The molecule has 94 valence electrons. The highest BCUT2D eigenvalue weighted by Gasteiger charge is 2.36. The largest absolute Gasteiger partial charge is 0.468 e. The summed E-state index contributed by atoms with van der Waals surface area (Å²) in [5, 5.41) is 2.13. The van der Waals surface area contributed by atoms with Crippen molar-refractivity contribution >= 4 is 5.97 Å². The molecule has 0 aromatic heterocycles. The van der Waals surface area contributed by atoms with Crippen LogP contribution in [0.2, 0.25) is 0 Å². The number of hydrogen-bond donors (Lipinski definition) is 1. The van der Waals surface area contributed by atoms with Crippen molar-refractivity contribution in [2.75, 3.05) is 20.3 Å². The SMILES string of the molecule is COC(=O)C(NCC(F)(F)F)C1CCCO1. The molecule has 1 fully saturated rings. The van der Waals surface area contributed by atoms with Crippen LogP contribution in [-0.2, 0) is 14.3 Å². The Kier molecular flexibility index (Phi) is 4.55.